The fourth-order valence-corrected chi connectivity index (χ4v) is 6.43. The summed E-state index contributed by atoms with van der Waals surface area (Å²) < 4.78 is 4.14. The van der Waals surface area contributed by atoms with E-state index in [0.29, 0.717) is 5.95 Å². The van der Waals surface area contributed by atoms with E-state index in [-0.39, 0.29) is 0 Å². The van der Waals surface area contributed by atoms with Crippen LogP contribution < -0.4 is 0 Å². The third-order valence-corrected chi connectivity index (χ3v) is 7.86. The highest BCUT2D eigenvalue weighted by molar-refractivity contribution is 9.11. The Morgan fingerprint density at radius 3 is 1.54 bits per heavy atom. The van der Waals surface area contributed by atoms with Crippen molar-refractivity contribution in [3.8, 4) is 39.6 Å². The number of aromatic nitrogens is 3. The van der Waals surface area contributed by atoms with Crippen LogP contribution in [0.1, 0.15) is 0 Å². The number of benzene rings is 5. The van der Waals surface area contributed by atoms with Gasteiger partial charge in [0.2, 0.25) is 5.95 Å². The lowest BCUT2D eigenvalue weighted by molar-refractivity contribution is 0.995. The Kier molecular flexibility index (Phi) is 6.11. The molecule has 0 saturated carbocycles. The van der Waals surface area contributed by atoms with Gasteiger partial charge in [-0.15, -0.1) is 0 Å². The van der Waals surface area contributed by atoms with E-state index >= 15 is 0 Å². The zero-order valence-corrected chi connectivity index (χ0v) is 23.9. The van der Waals surface area contributed by atoms with Gasteiger partial charge in [0.05, 0.1) is 22.4 Å². The Balaban J connectivity index is 1.47. The minimum Gasteiger partial charge on any atom is -0.278 e. The van der Waals surface area contributed by atoms with Crippen molar-refractivity contribution < 1.29 is 0 Å². The summed E-state index contributed by atoms with van der Waals surface area (Å²) in [5.74, 6) is 0.642. The van der Waals surface area contributed by atoms with Crippen molar-refractivity contribution in [2.24, 2.45) is 0 Å². The molecular weight excluding hydrogens is 610 g/mol. The van der Waals surface area contributed by atoms with E-state index in [2.05, 4.69) is 152 Å². The molecule has 5 aromatic carbocycles. The van der Waals surface area contributed by atoms with Crippen LogP contribution in [0.25, 0.3) is 61.4 Å². The summed E-state index contributed by atoms with van der Waals surface area (Å²) in [7, 11) is 0. The molecule has 2 heterocycles. The van der Waals surface area contributed by atoms with E-state index in [9.17, 15) is 0 Å². The standard InChI is InChI=1S/C34H21Br2N3/c35-26-18-25(19-27(36)20-26)31-21-30(24-16-14-23(15-17-24)22-8-2-1-3-9-22)37-34(38-31)39-32-12-6-4-10-28(32)29-11-5-7-13-33(29)39/h1-21H. The van der Waals surface area contributed by atoms with Gasteiger partial charge >= 0.3 is 0 Å². The smallest absolute Gasteiger partial charge is 0.235 e. The molecule has 2 aromatic heterocycles. The Labute approximate surface area is 243 Å². The molecule has 0 bridgehead atoms. The first-order valence-corrected chi connectivity index (χ1v) is 14.2. The molecule has 0 saturated heterocycles. The fourth-order valence-electron chi connectivity index (χ4n) is 5.13. The Morgan fingerprint density at radius 1 is 0.436 bits per heavy atom. The molecule has 3 nitrogen and oxygen atoms in total. The number of rotatable bonds is 4. The van der Waals surface area contributed by atoms with Gasteiger partial charge in [-0.25, -0.2) is 9.97 Å². The zero-order chi connectivity index (χ0) is 26.3. The number of hydrogen-bond acceptors (Lipinski definition) is 2. The number of para-hydroxylation sites is 2. The Hall–Kier alpha value is -4.06. The molecule has 186 valence electrons. The largest absolute Gasteiger partial charge is 0.278 e. The van der Waals surface area contributed by atoms with Crippen molar-refractivity contribution >= 4 is 53.7 Å². The van der Waals surface area contributed by atoms with Gasteiger partial charge in [0, 0.05) is 30.8 Å². The van der Waals surface area contributed by atoms with E-state index in [1.807, 2.05) is 12.1 Å². The molecule has 0 radical (unpaired) electrons. The topological polar surface area (TPSA) is 30.7 Å². The molecule has 0 fully saturated rings. The van der Waals surface area contributed by atoms with Gasteiger partial charge in [0.1, 0.15) is 0 Å². The van der Waals surface area contributed by atoms with E-state index in [1.54, 1.807) is 0 Å². The molecule has 7 rings (SSSR count). The summed E-state index contributed by atoms with van der Waals surface area (Å²) in [4.78, 5) is 10.3. The summed E-state index contributed by atoms with van der Waals surface area (Å²) in [5.41, 5.74) is 8.29. The Bertz CT molecular complexity index is 1900. The maximum absolute atomic E-state index is 5.15. The van der Waals surface area contributed by atoms with Crippen molar-refractivity contribution in [2.75, 3.05) is 0 Å². The zero-order valence-electron chi connectivity index (χ0n) is 20.7. The molecule has 7 aromatic rings. The molecule has 0 N–H and O–H groups in total. The lowest BCUT2D eigenvalue weighted by Crippen LogP contribution is -2.04. The quantitative estimate of drug-likeness (QED) is 0.194. The van der Waals surface area contributed by atoms with Gasteiger partial charge in [-0.2, -0.15) is 0 Å². The molecule has 5 heteroatoms. The van der Waals surface area contributed by atoms with Crippen molar-refractivity contribution in [1.29, 1.82) is 0 Å². The lowest BCUT2D eigenvalue weighted by atomic mass is 10.0. The second-order valence-corrected chi connectivity index (χ2v) is 11.2. The minimum absolute atomic E-state index is 0.642. The molecule has 0 aliphatic carbocycles. The highest BCUT2D eigenvalue weighted by Crippen LogP contribution is 2.34. The average Bonchev–Trinajstić information content (AvgIpc) is 3.31. The van der Waals surface area contributed by atoms with Gasteiger partial charge in [-0.05, 0) is 47.5 Å². The van der Waals surface area contributed by atoms with E-state index in [0.717, 1.165) is 42.5 Å². The molecular formula is C34H21Br2N3. The summed E-state index contributed by atoms with van der Waals surface area (Å²) in [6.45, 7) is 0. The first-order valence-electron chi connectivity index (χ1n) is 12.6. The number of halogens is 2. The van der Waals surface area contributed by atoms with Crippen molar-refractivity contribution in [2.45, 2.75) is 0 Å². The summed E-state index contributed by atoms with van der Waals surface area (Å²) >= 11 is 7.30. The number of hydrogen-bond donors (Lipinski definition) is 0. The molecule has 0 atom stereocenters. The second kappa shape index (κ2) is 9.92. The predicted octanol–water partition coefficient (Wildman–Crippen LogP) is 10.1. The maximum atomic E-state index is 5.15. The predicted molar refractivity (Wildman–Crippen MR) is 168 cm³/mol. The summed E-state index contributed by atoms with van der Waals surface area (Å²) in [6, 6.07) is 44.2. The van der Waals surface area contributed by atoms with Gasteiger partial charge in [-0.3, -0.25) is 4.57 Å². The average molecular weight is 631 g/mol. The fraction of sp³-hybridized carbons (Fsp3) is 0. The first-order chi connectivity index (χ1) is 19.1. The van der Waals surface area contributed by atoms with Crippen molar-refractivity contribution in [3.63, 3.8) is 0 Å². The molecule has 0 aliphatic rings. The van der Waals surface area contributed by atoms with Crippen LogP contribution in [0.5, 0.6) is 0 Å². The molecule has 0 aliphatic heterocycles. The van der Waals surface area contributed by atoms with Crippen LogP contribution in [0, 0.1) is 0 Å². The Morgan fingerprint density at radius 2 is 0.923 bits per heavy atom. The summed E-state index contributed by atoms with van der Waals surface area (Å²) in [5, 5.41) is 2.36. The van der Waals surface area contributed by atoms with Gasteiger partial charge in [0.25, 0.3) is 0 Å². The SMILES string of the molecule is Brc1cc(Br)cc(-c2cc(-c3ccc(-c4ccccc4)cc3)nc(-n3c4ccccc4c4ccccc43)n2)c1. The lowest BCUT2D eigenvalue weighted by Gasteiger charge is -2.12. The molecule has 0 unspecified atom stereocenters. The molecule has 0 spiro atoms. The van der Waals surface area contributed by atoms with Crippen LogP contribution >= 0.6 is 31.9 Å². The van der Waals surface area contributed by atoms with E-state index in [4.69, 9.17) is 9.97 Å². The highest BCUT2D eigenvalue weighted by Gasteiger charge is 2.17. The second-order valence-electron chi connectivity index (χ2n) is 9.41. The van der Waals surface area contributed by atoms with Gasteiger partial charge in [0.15, 0.2) is 0 Å². The maximum Gasteiger partial charge on any atom is 0.235 e. The van der Waals surface area contributed by atoms with Crippen LogP contribution in [0.4, 0.5) is 0 Å². The van der Waals surface area contributed by atoms with Crippen LogP contribution in [-0.2, 0) is 0 Å². The van der Waals surface area contributed by atoms with E-state index < -0.39 is 0 Å². The molecule has 39 heavy (non-hydrogen) atoms. The normalized spacial score (nSPS) is 11.3. The highest BCUT2D eigenvalue weighted by atomic mass is 79.9. The van der Waals surface area contributed by atoms with Crippen LogP contribution in [0.2, 0.25) is 0 Å². The van der Waals surface area contributed by atoms with Crippen LogP contribution in [0.15, 0.2) is 136 Å². The monoisotopic (exact) mass is 629 g/mol. The third-order valence-electron chi connectivity index (χ3n) is 6.94. The summed E-state index contributed by atoms with van der Waals surface area (Å²) in [6.07, 6.45) is 0. The van der Waals surface area contributed by atoms with Gasteiger partial charge in [-0.1, -0.05) is 123 Å². The molecule has 0 amide bonds. The minimum atomic E-state index is 0.642. The van der Waals surface area contributed by atoms with Crippen molar-refractivity contribution in [1.82, 2.24) is 14.5 Å². The number of fused-ring (bicyclic) bond motifs is 3. The van der Waals surface area contributed by atoms with Crippen LogP contribution in [-0.4, -0.2) is 14.5 Å². The number of nitrogens with zero attached hydrogens (tertiary/aromatic N) is 3. The third kappa shape index (κ3) is 4.48. The van der Waals surface area contributed by atoms with Crippen molar-refractivity contribution in [3.05, 3.63) is 136 Å². The first kappa shape index (κ1) is 24.0. The van der Waals surface area contributed by atoms with Gasteiger partial charge < -0.3 is 0 Å². The van der Waals surface area contributed by atoms with Crippen LogP contribution in [0.3, 0.4) is 0 Å². The van der Waals surface area contributed by atoms with E-state index in [1.165, 1.54) is 21.9 Å².